The van der Waals surface area contributed by atoms with Gasteiger partial charge in [-0.05, 0) is 19.3 Å². The van der Waals surface area contributed by atoms with Crippen molar-refractivity contribution in [1.82, 2.24) is 9.97 Å². The van der Waals surface area contributed by atoms with E-state index in [4.69, 9.17) is 4.74 Å². The van der Waals surface area contributed by atoms with Gasteiger partial charge in [0.25, 0.3) is 0 Å². The number of anilines is 1. The Balaban J connectivity index is 1.93. The van der Waals surface area contributed by atoms with E-state index in [1.165, 1.54) is 5.69 Å². The van der Waals surface area contributed by atoms with Gasteiger partial charge in [0.2, 0.25) is 0 Å². The smallest absolute Gasteiger partial charge is 0.200 e. The summed E-state index contributed by atoms with van der Waals surface area (Å²) >= 11 is 0. The lowest BCUT2D eigenvalue weighted by Crippen LogP contribution is -2.14. The third-order valence-electron chi connectivity index (χ3n) is 2.80. The van der Waals surface area contributed by atoms with Crippen LogP contribution in [0.15, 0.2) is 6.20 Å². The molecule has 0 amide bonds. The molecule has 0 aromatic carbocycles. The lowest BCUT2D eigenvalue weighted by atomic mass is 9.97. The van der Waals surface area contributed by atoms with E-state index in [0.717, 1.165) is 45.0 Å². The van der Waals surface area contributed by atoms with Crippen LogP contribution in [0.2, 0.25) is 0 Å². The highest BCUT2D eigenvalue weighted by Crippen LogP contribution is 2.25. The molecule has 0 aliphatic carbocycles. The molecule has 1 fully saturated rings. The molecule has 0 bridgehead atoms. The third-order valence-corrected chi connectivity index (χ3v) is 2.80. The first-order valence-corrected chi connectivity index (χ1v) is 5.76. The van der Waals surface area contributed by atoms with Crippen molar-refractivity contribution in [1.29, 1.82) is 0 Å². The van der Waals surface area contributed by atoms with Crippen LogP contribution in [0.1, 0.15) is 37.8 Å². The van der Waals surface area contributed by atoms with E-state index in [1.807, 2.05) is 6.20 Å². The van der Waals surface area contributed by atoms with E-state index >= 15 is 0 Å². The highest BCUT2D eigenvalue weighted by molar-refractivity contribution is 5.27. The number of H-pyrrole nitrogens is 1. The van der Waals surface area contributed by atoms with Crippen LogP contribution in [0.25, 0.3) is 0 Å². The molecule has 1 saturated heterocycles. The van der Waals surface area contributed by atoms with Gasteiger partial charge in [-0.1, -0.05) is 6.92 Å². The van der Waals surface area contributed by atoms with Crippen LogP contribution < -0.4 is 5.32 Å². The largest absolute Gasteiger partial charge is 0.381 e. The first-order valence-electron chi connectivity index (χ1n) is 5.76. The summed E-state index contributed by atoms with van der Waals surface area (Å²) in [5, 5.41) is 3.26. The minimum atomic E-state index is 0.600. The van der Waals surface area contributed by atoms with Crippen LogP contribution in [0, 0.1) is 0 Å². The molecule has 4 heteroatoms. The molecule has 0 unspecified atom stereocenters. The van der Waals surface area contributed by atoms with E-state index in [1.54, 1.807) is 0 Å². The lowest BCUT2D eigenvalue weighted by Gasteiger charge is -2.20. The average Bonchev–Trinajstić information content (AvgIpc) is 2.76. The summed E-state index contributed by atoms with van der Waals surface area (Å²) in [6.45, 7) is 4.87. The monoisotopic (exact) mass is 209 g/mol. The van der Waals surface area contributed by atoms with E-state index < -0.39 is 0 Å². The average molecular weight is 209 g/mol. The number of nitrogens with one attached hydrogen (secondary N) is 2. The first kappa shape index (κ1) is 10.5. The summed E-state index contributed by atoms with van der Waals surface area (Å²) in [4.78, 5) is 7.66. The summed E-state index contributed by atoms with van der Waals surface area (Å²) in [5.41, 5.74) is 1.25. The van der Waals surface area contributed by atoms with Gasteiger partial charge in [0.15, 0.2) is 5.95 Å². The van der Waals surface area contributed by atoms with Crippen LogP contribution >= 0.6 is 0 Å². The minimum Gasteiger partial charge on any atom is -0.381 e. The van der Waals surface area contributed by atoms with Gasteiger partial charge in [0.1, 0.15) is 0 Å². The number of hydrogen-bond donors (Lipinski definition) is 2. The molecule has 0 spiro atoms. The predicted molar refractivity (Wildman–Crippen MR) is 60.2 cm³/mol. The van der Waals surface area contributed by atoms with Crippen LogP contribution in [-0.4, -0.2) is 29.7 Å². The second-order valence-corrected chi connectivity index (χ2v) is 4.00. The molecule has 0 saturated carbocycles. The molecular formula is C11H19N3O. The molecule has 0 atom stereocenters. The van der Waals surface area contributed by atoms with Crippen LogP contribution in [0.3, 0.4) is 0 Å². The molecule has 2 heterocycles. The Morgan fingerprint density at radius 3 is 3.07 bits per heavy atom. The zero-order valence-corrected chi connectivity index (χ0v) is 9.25. The van der Waals surface area contributed by atoms with E-state index in [9.17, 15) is 0 Å². The molecular weight excluding hydrogens is 190 g/mol. The predicted octanol–water partition coefficient (Wildman–Crippen LogP) is 2.13. The fourth-order valence-electron chi connectivity index (χ4n) is 1.88. The van der Waals surface area contributed by atoms with Crippen molar-refractivity contribution >= 4 is 5.95 Å². The number of aromatic nitrogens is 2. The fourth-order valence-corrected chi connectivity index (χ4v) is 1.88. The van der Waals surface area contributed by atoms with Crippen molar-refractivity contribution < 1.29 is 4.74 Å². The van der Waals surface area contributed by atoms with Gasteiger partial charge in [0, 0.05) is 31.4 Å². The quantitative estimate of drug-likeness (QED) is 0.798. The minimum absolute atomic E-state index is 0.600. The molecule has 1 aliphatic heterocycles. The van der Waals surface area contributed by atoms with Crippen molar-refractivity contribution in [2.75, 3.05) is 25.1 Å². The highest BCUT2D eigenvalue weighted by Gasteiger charge is 2.17. The summed E-state index contributed by atoms with van der Waals surface area (Å²) in [6, 6.07) is 0. The molecule has 1 aliphatic rings. The Labute approximate surface area is 90.4 Å². The van der Waals surface area contributed by atoms with Gasteiger partial charge in [-0.3, -0.25) is 0 Å². The summed E-state index contributed by atoms with van der Waals surface area (Å²) in [7, 11) is 0. The normalized spacial score (nSPS) is 17.9. The van der Waals surface area contributed by atoms with Crippen molar-refractivity contribution in [2.45, 2.75) is 32.1 Å². The molecule has 1 aromatic rings. The van der Waals surface area contributed by atoms with E-state index in [0.29, 0.717) is 5.92 Å². The molecule has 4 nitrogen and oxygen atoms in total. The van der Waals surface area contributed by atoms with Gasteiger partial charge >= 0.3 is 0 Å². The first-order chi connectivity index (χ1) is 7.40. The standard InChI is InChI=1S/C11H19N3O/c1-2-5-12-11-13-8-10(14-11)9-3-6-15-7-4-9/h8-9H,2-7H2,1H3,(H2,12,13,14). The highest BCUT2D eigenvalue weighted by atomic mass is 16.5. The van der Waals surface area contributed by atoms with Gasteiger partial charge in [0.05, 0.1) is 6.20 Å². The van der Waals surface area contributed by atoms with E-state index in [-0.39, 0.29) is 0 Å². The van der Waals surface area contributed by atoms with Crippen molar-refractivity contribution in [3.05, 3.63) is 11.9 Å². The number of ether oxygens (including phenoxy) is 1. The number of aromatic amines is 1. The van der Waals surface area contributed by atoms with Gasteiger partial charge in [-0.2, -0.15) is 0 Å². The molecule has 84 valence electrons. The van der Waals surface area contributed by atoms with Crippen LogP contribution in [-0.2, 0) is 4.74 Å². The zero-order chi connectivity index (χ0) is 10.5. The number of rotatable bonds is 4. The Morgan fingerprint density at radius 2 is 2.33 bits per heavy atom. The zero-order valence-electron chi connectivity index (χ0n) is 9.25. The van der Waals surface area contributed by atoms with Gasteiger partial charge < -0.3 is 15.0 Å². The maximum absolute atomic E-state index is 5.34. The van der Waals surface area contributed by atoms with Gasteiger partial charge in [-0.15, -0.1) is 0 Å². The molecule has 1 aromatic heterocycles. The topological polar surface area (TPSA) is 49.9 Å². The molecule has 15 heavy (non-hydrogen) atoms. The van der Waals surface area contributed by atoms with E-state index in [2.05, 4.69) is 22.2 Å². The molecule has 2 rings (SSSR count). The van der Waals surface area contributed by atoms with Crippen molar-refractivity contribution in [3.8, 4) is 0 Å². The van der Waals surface area contributed by atoms with Crippen molar-refractivity contribution in [2.24, 2.45) is 0 Å². The Morgan fingerprint density at radius 1 is 1.53 bits per heavy atom. The summed E-state index contributed by atoms with van der Waals surface area (Å²) in [6.07, 6.45) is 5.28. The number of nitrogens with zero attached hydrogens (tertiary/aromatic N) is 1. The van der Waals surface area contributed by atoms with Crippen LogP contribution in [0.4, 0.5) is 5.95 Å². The summed E-state index contributed by atoms with van der Waals surface area (Å²) < 4.78 is 5.34. The van der Waals surface area contributed by atoms with Gasteiger partial charge in [-0.25, -0.2) is 4.98 Å². The maximum atomic E-state index is 5.34. The van der Waals surface area contributed by atoms with Crippen molar-refractivity contribution in [3.63, 3.8) is 0 Å². The molecule has 0 radical (unpaired) electrons. The van der Waals surface area contributed by atoms with Crippen LogP contribution in [0.5, 0.6) is 0 Å². The Kier molecular flexibility index (Phi) is 3.61. The lowest BCUT2D eigenvalue weighted by molar-refractivity contribution is 0.0846. The number of hydrogen-bond acceptors (Lipinski definition) is 3. The SMILES string of the molecule is CCCNc1ncc(C2CCOCC2)[nH]1. The Bertz CT molecular complexity index is 292. The number of imidazole rings is 1. The second-order valence-electron chi connectivity index (χ2n) is 4.00. The second kappa shape index (κ2) is 5.16. The third kappa shape index (κ3) is 2.72. The summed E-state index contributed by atoms with van der Waals surface area (Å²) in [5.74, 6) is 1.50. The fraction of sp³-hybridized carbons (Fsp3) is 0.727. The molecule has 2 N–H and O–H groups in total. The maximum Gasteiger partial charge on any atom is 0.200 e. The Hall–Kier alpha value is -1.03.